The number of hydrogen-bond donors (Lipinski definition) is 2. The van der Waals surface area contributed by atoms with Gasteiger partial charge in [0, 0.05) is 48.3 Å². The summed E-state index contributed by atoms with van der Waals surface area (Å²) in [7, 11) is 3.22. The number of nitrogens with zero attached hydrogens (tertiary/aromatic N) is 5. The summed E-state index contributed by atoms with van der Waals surface area (Å²) in [5.74, 6) is 5.20. The van der Waals surface area contributed by atoms with Gasteiger partial charge in [0.15, 0.2) is 0 Å². The van der Waals surface area contributed by atoms with E-state index in [1.807, 2.05) is 38.1 Å². The van der Waals surface area contributed by atoms with Crippen molar-refractivity contribution in [1.29, 1.82) is 0 Å². The van der Waals surface area contributed by atoms with Crippen molar-refractivity contribution in [2.75, 3.05) is 58.1 Å². The largest absolute Gasteiger partial charge is 0.490 e. The SMILES string of the molecule is COc1nn(C)cc1C(=O)NS1(=O)=NC(=O)c2ccc3c(c2)N(C[C@@H]2CC[C@H]2[C@@](O)(C#CCN(C)C)/C=C/C[C@H](C)C1)C[C@@]1(CCCc2cc(Cl)ccc21)CO3. The molecule has 1 saturated carbocycles. The van der Waals surface area contributed by atoms with Gasteiger partial charge >= 0.3 is 0 Å². The van der Waals surface area contributed by atoms with Crippen molar-refractivity contribution in [1.82, 2.24) is 19.4 Å². The lowest BCUT2D eigenvalue weighted by atomic mass is 9.64. The van der Waals surface area contributed by atoms with Crippen LogP contribution in [0.4, 0.5) is 5.69 Å². The zero-order chi connectivity index (χ0) is 39.8. The van der Waals surface area contributed by atoms with Gasteiger partial charge in [0.05, 0.1) is 31.7 Å². The molecule has 1 aromatic heterocycles. The third-order valence-electron chi connectivity index (χ3n) is 11.5. The summed E-state index contributed by atoms with van der Waals surface area (Å²) in [5, 5.41) is 17.3. The molecule has 2 amide bonds. The van der Waals surface area contributed by atoms with Gasteiger partial charge in [0.2, 0.25) is 5.88 Å². The Balaban J connectivity index is 1.34. The third kappa shape index (κ3) is 8.21. The van der Waals surface area contributed by atoms with Crippen molar-refractivity contribution in [3.8, 4) is 23.5 Å². The molecule has 7 rings (SSSR count). The van der Waals surface area contributed by atoms with Crippen molar-refractivity contribution >= 4 is 39.0 Å². The van der Waals surface area contributed by atoms with E-state index in [0.717, 1.165) is 37.8 Å². The number of anilines is 1. The molecule has 0 radical (unpaired) electrons. The quantitative estimate of drug-likeness (QED) is 0.262. The lowest BCUT2D eigenvalue weighted by Crippen LogP contribution is -2.52. The van der Waals surface area contributed by atoms with E-state index in [2.05, 4.69) is 43.1 Å². The first-order valence-corrected chi connectivity index (χ1v) is 21.3. The highest BCUT2D eigenvalue weighted by atomic mass is 35.5. The Hall–Kier alpha value is -4.35. The maximum absolute atomic E-state index is 14.7. The number of hydrogen-bond acceptors (Lipinski definition) is 9. The zero-order valence-electron chi connectivity index (χ0n) is 32.7. The molecular formula is C42H51ClN6O6S. The van der Waals surface area contributed by atoms with Crippen LogP contribution in [0.3, 0.4) is 0 Å². The second-order valence-corrected chi connectivity index (χ2v) is 18.6. The first-order chi connectivity index (χ1) is 26.7. The van der Waals surface area contributed by atoms with Crippen molar-refractivity contribution in [3.63, 3.8) is 0 Å². The molecule has 298 valence electrons. The number of aryl methyl sites for hydroxylation is 2. The van der Waals surface area contributed by atoms with Crippen LogP contribution in [0, 0.1) is 29.6 Å². The smallest absolute Gasteiger partial charge is 0.286 e. The van der Waals surface area contributed by atoms with Crippen molar-refractivity contribution in [3.05, 3.63) is 82.0 Å². The minimum atomic E-state index is -3.69. The predicted octanol–water partition coefficient (Wildman–Crippen LogP) is 5.43. The molecule has 2 aromatic carbocycles. The molecule has 1 spiro atoms. The van der Waals surface area contributed by atoms with E-state index in [1.165, 1.54) is 29.1 Å². The lowest BCUT2D eigenvalue weighted by Gasteiger charge is -2.47. The van der Waals surface area contributed by atoms with Gasteiger partial charge in [-0.3, -0.25) is 23.9 Å². The average molecular weight is 803 g/mol. The second kappa shape index (κ2) is 15.9. The molecule has 2 aliphatic heterocycles. The normalized spacial score (nSPS) is 29.3. The summed E-state index contributed by atoms with van der Waals surface area (Å²) in [6.45, 7) is 4.02. The second-order valence-electron chi connectivity index (χ2n) is 16.2. The summed E-state index contributed by atoms with van der Waals surface area (Å²) in [6.07, 6.45) is 10.1. The molecule has 6 atom stereocenters. The van der Waals surface area contributed by atoms with Gasteiger partial charge < -0.3 is 19.5 Å². The van der Waals surface area contributed by atoms with E-state index in [1.54, 1.807) is 31.3 Å². The maximum Gasteiger partial charge on any atom is 0.286 e. The van der Waals surface area contributed by atoms with Gasteiger partial charge in [-0.15, -0.1) is 9.46 Å². The summed E-state index contributed by atoms with van der Waals surface area (Å²) in [6, 6.07) is 11.3. The number of rotatable bonds is 4. The third-order valence-corrected chi connectivity index (χ3v) is 13.8. The Morgan fingerprint density at radius 3 is 2.80 bits per heavy atom. The lowest BCUT2D eigenvalue weighted by molar-refractivity contribution is -0.00326. The number of allylic oxidation sites excluding steroid dienone is 1. The first kappa shape index (κ1) is 39.9. The summed E-state index contributed by atoms with van der Waals surface area (Å²) < 4.78 is 34.9. The van der Waals surface area contributed by atoms with Crippen molar-refractivity contribution in [2.24, 2.45) is 29.2 Å². The van der Waals surface area contributed by atoms with Crippen LogP contribution >= 0.6 is 11.6 Å². The highest BCUT2D eigenvalue weighted by molar-refractivity contribution is 7.92. The molecule has 0 saturated heterocycles. The number of carbonyl (C=O) groups excluding carboxylic acids is 2. The molecule has 3 heterocycles. The van der Waals surface area contributed by atoms with Gasteiger partial charge in [-0.1, -0.05) is 42.5 Å². The zero-order valence-corrected chi connectivity index (χ0v) is 34.3. The van der Waals surface area contributed by atoms with E-state index < -0.39 is 27.3 Å². The molecule has 56 heavy (non-hydrogen) atoms. The molecular weight excluding hydrogens is 752 g/mol. The Kier molecular flexibility index (Phi) is 11.3. The van der Waals surface area contributed by atoms with Crippen LogP contribution in [0.2, 0.25) is 5.02 Å². The summed E-state index contributed by atoms with van der Waals surface area (Å²) >= 11 is 6.48. The van der Waals surface area contributed by atoms with Crippen LogP contribution in [-0.4, -0.2) is 94.6 Å². The molecule has 2 aliphatic carbocycles. The van der Waals surface area contributed by atoms with Gasteiger partial charge in [-0.2, -0.15) is 0 Å². The molecule has 4 aliphatic rings. The van der Waals surface area contributed by atoms with Crippen LogP contribution in [0.5, 0.6) is 11.6 Å². The van der Waals surface area contributed by atoms with Gasteiger partial charge in [-0.25, -0.2) is 4.21 Å². The minimum Gasteiger partial charge on any atom is -0.490 e. The van der Waals surface area contributed by atoms with E-state index in [4.69, 9.17) is 21.1 Å². The van der Waals surface area contributed by atoms with E-state index >= 15 is 0 Å². The maximum atomic E-state index is 14.7. The number of halogens is 1. The fourth-order valence-corrected chi connectivity index (χ4v) is 10.8. The van der Waals surface area contributed by atoms with Crippen LogP contribution < -0.4 is 19.1 Å². The van der Waals surface area contributed by atoms with Crippen LogP contribution in [0.1, 0.15) is 70.9 Å². The molecule has 1 fully saturated rings. The minimum absolute atomic E-state index is 0.0553. The Bertz CT molecular complexity index is 2240. The molecule has 1 unspecified atom stereocenters. The van der Waals surface area contributed by atoms with E-state index in [0.29, 0.717) is 43.4 Å². The Labute approximate surface area is 334 Å². The van der Waals surface area contributed by atoms with Gasteiger partial charge in [0.1, 0.15) is 26.8 Å². The highest BCUT2D eigenvalue weighted by Gasteiger charge is 2.47. The number of benzene rings is 2. The molecule has 14 heteroatoms. The Morgan fingerprint density at radius 2 is 2.05 bits per heavy atom. The van der Waals surface area contributed by atoms with E-state index in [-0.39, 0.29) is 45.9 Å². The monoisotopic (exact) mass is 802 g/mol. The van der Waals surface area contributed by atoms with Crippen LogP contribution in [-0.2, 0) is 28.8 Å². The number of fused-ring (bicyclic) bond motifs is 4. The fourth-order valence-electron chi connectivity index (χ4n) is 8.69. The number of nitrogens with one attached hydrogen (secondary N) is 1. The molecule has 3 aromatic rings. The molecule has 2 N–H and O–H groups in total. The first-order valence-electron chi connectivity index (χ1n) is 19.2. The van der Waals surface area contributed by atoms with Gasteiger partial charge in [0.25, 0.3) is 11.8 Å². The summed E-state index contributed by atoms with van der Waals surface area (Å²) in [5.41, 5.74) is 1.69. The van der Waals surface area contributed by atoms with Crippen molar-refractivity contribution in [2.45, 2.75) is 56.5 Å². The number of carbonyl (C=O) groups is 2. The number of aromatic nitrogens is 2. The summed E-state index contributed by atoms with van der Waals surface area (Å²) in [4.78, 5) is 32.0. The Morgan fingerprint density at radius 1 is 1.23 bits per heavy atom. The number of aliphatic hydroxyl groups is 1. The molecule has 12 nitrogen and oxygen atoms in total. The number of amides is 2. The van der Waals surface area contributed by atoms with Crippen LogP contribution in [0.25, 0.3) is 0 Å². The number of ether oxygens (including phenoxy) is 2. The standard InChI is InChI=1S/C42H51ClN6O6S/c1-28-9-6-18-42(52,19-8-20-47(2)3)35-14-11-31(35)23-49-26-41(17-7-10-29-21-32(43)13-15-34(29)41)27-55-37-16-12-30(22-36(37)49)38(50)45-56(53,25-28)46-39(51)33-24-48(4)44-40(33)54-5/h6,12-13,15-16,18,21-22,24,28,31,35,52H,7,9-11,14,17,20,23,25-27H2,1-5H3,(H,45,46,50,51,53)/b18-6+/t28-,31-,35+,41-,42-,56?/m0/s1. The topological polar surface area (TPSA) is 139 Å². The fraction of sp³-hybridized carbons (Fsp3) is 0.500. The highest BCUT2D eigenvalue weighted by Crippen LogP contribution is 2.48. The van der Waals surface area contributed by atoms with Crippen molar-refractivity contribution < 1.29 is 28.4 Å². The average Bonchev–Trinajstić information content (AvgIpc) is 3.44. The molecule has 2 bridgehead atoms. The van der Waals surface area contributed by atoms with Crippen LogP contribution in [0.15, 0.2) is 59.1 Å². The predicted molar refractivity (Wildman–Crippen MR) is 218 cm³/mol. The van der Waals surface area contributed by atoms with Gasteiger partial charge in [-0.05, 0) is 112 Å². The van der Waals surface area contributed by atoms with E-state index in [9.17, 15) is 18.9 Å². The number of methoxy groups -OCH3 is 1.